The first-order chi connectivity index (χ1) is 11.6. The zero-order chi connectivity index (χ0) is 16.7. The quantitative estimate of drug-likeness (QED) is 0.540. The first-order valence-electron chi connectivity index (χ1n) is 9.10. The molecule has 0 aromatic carbocycles. The van der Waals surface area contributed by atoms with Crippen molar-refractivity contribution >= 4 is 17.3 Å². The average molecular weight is 381 g/mol. The zero-order valence-electron chi connectivity index (χ0n) is 14.7. The number of esters is 1. The van der Waals surface area contributed by atoms with Crippen LogP contribution >= 0.6 is 11.3 Å². The van der Waals surface area contributed by atoms with Gasteiger partial charge in [0.1, 0.15) is 6.07 Å². The molecule has 4 fully saturated rings. The first-order valence-corrected chi connectivity index (χ1v) is 9.98. The predicted molar refractivity (Wildman–Crippen MR) is 90.1 cm³/mol. The molecule has 5 rings (SSSR count). The molecule has 1 aromatic rings. The summed E-state index contributed by atoms with van der Waals surface area (Å²) in [7, 11) is 0. The summed E-state index contributed by atoms with van der Waals surface area (Å²) in [6.45, 7) is 2.88. The van der Waals surface area contributed by atoms with Gasteiger partial charge in [0, 0.05) is 13.3 Å². The molecule has 1 heterocycles. The highest BCUT2D eigenvalue weighted by atomic mass is 35.5. The van der Waals surface area contributed by atoms with Gasteiger partial charge in [0.15, 0.2) is 5.69 Å². The molecule has 0 spiro atoms. The fraction of sp³-hybridized carbons (Fsp3) is 0.737. The SMILES string of the molecule is Cc1c(CCOC(=O)C23CC4CC(CC(C4)C2)C3)sc[n+]1CC#N.[Cl-]. The molecule has 0 radical (unpaired) electrons. The minimum atomic E-state index is -0.153. The third-order valence-corrected chi connectivity index (χ3v) is 7.58. The number of carbonyl (C=O) groups excluding carboxylic acids is 1. The van der Waals surface area contributed by atoms with E-state index in [9.17, 15) is 4.79 Å². The molecule has 4 saturated carbocycles. The molecule has 0 saturated heterocycles. The molecular weight excluding hydrogens is 356 g/mol. The fourth-order valence-corrected chi connectivity index (χ4v) is 6.65. The van der Waals surface area contributed by atoms with Gasteiger partial charge in [-0.3, -0.25) is 4.79 Å². The molecule has 0 N–H and O–H groups in total. The van der Waals surface area contributed by atoms with E-state index in [1.54, 1.807) is 11.3 Å². The summed E-state index contributed by atoms with van der Waals surface area (Å²) in [5.41, 5.74) is 2.95. The largest absolute Gasteiger partial charge is 1.00 e. The lowest BCUT2D eigenvalue weighted by Crippen LogP contribution is -3.00. The Hall–Kier alpha value is -1.12. The first kappa shape index (κ1) is 18.7. The number of hydrogen-bond acceptors (Lipinski definition) is 4. The number of nitriles is 1. The standard InChI is InChI=1S/C19H25N2O2S.ClH/c1-13-17(24-12-21(13)4-3-20)2-5-23-18(22)19-9-14-6-15(10-19)8-16(7-14)11-19;/h12,14-16H,2,4-11H2,1H3;1H/q+1;/p-1. The van der Waals surface area contributed by atoms with Crippen LogP contribution in [0.4, 0.5) is 0 Å². The minimum absolute atomic E-state index is 0. The van der Waals surface area contributed by atoms with Crippen molar-refractivity contribution in [3.63, 3.8) is 0 Å². The summed E-state index contributed by atoms with van der Waals surface area (Å²) in [4.78, 5) is 14.0. The Kier molecular flexibility index (Phi) is 5.41. The molecule has 25 heavy (non-hydrogen) atoms. The fourth-order valence-electron chi connectivity index (χ4n) is 5.67. The second kappa shape index (κ2) is 7.25. The van der Waals surface area contributed by atoms with E-state index in [4.69, 9.17) is 10.00 Å². The number of hydrogen-bond donors (Lipinski definition) is 0. The number of aromatic nitrogens is 1. The molecule has 0 amide bonds. The van der Waals surface area contributed by atoms with Gasteiger partial charge in [-0.05, 0) is 56.3 Å². The topological polar surface area (TPSA) is 54.0 Å². The molecule has 0 unspecified atom stereocenters. The predicted octanol–water partition coefficient (Wildman–Crippen LogP) is 0.174. The number of nitrogens with zero attached hydrogens (tertiary/aromatic N) is 2. The van der Waals surface area contributed by atoms with E-state index in [1.165, 1.54) is 24.1 Å². The van der Waals surface area contributed by atoms with Gasteiger partial charge in [0.05, 0.1) is 16.9 Å². The van der Waals surface area contributed by atoms with Crippen LogP contribution in [-0.2, 0) is 22.5 Å². The van der Waals surface area contributed by atoms with Crippen molar-refractivity contribution in [1.82, 2.24) is 0 Å². The number of rotatable bonds is 5. The maximum absolute atomic E-state index is 12.8. The van der Waals surface area contributed by atoms with Crippen molar-refractivity contribution in [2.75, 3.05) is 6.61 Å². The highest BCUT2D eigenvalue weighted by Crippen LogP contribution is 2.60. The Bertz CT molecular complexity index is 659. The number of thiazole rings is 1. The van der Waals surface area contributed by atoms with Crippen molar-refractivity contribution < 1.29 is 26.5 Å². The number of halogens is 1. The van der Waals surface area contributed by atoms with Crippen LogP contribution in [0.1, 0.15) is 49.1 Å². The lowest BCUT2D eigenvalue weighted by atomic mass is 9.49. The van der Waals surface area contributed by atoms with Crippen molar-refractivity contribution in [2.45, 2.75) is 58.4 Å². The molecule has 4 aliphatic carbocycles. The summed E-state index contributed by atoms with van der Waals surface area (Å²) >= 11 is 1.65. The van der Waals surface area contributed by atoms with Crippen LogP contribution in [-0.4, -0.2) is 12.6 Å². The maximum atomic E-state index is 12.8. The van der Waals surface area contributed by atoms with E-state index in [0.717, 1.165) is 49.1 Å². The Labute approximate surface area is 159 Å². The van der Waals surface area contributed by atoms with Crippen LogP contribution in [0, 0.1) is 41.4 Å². The van der Waals surface area contributed by atoms with E-state index in [2.05, 4.69) is 6.07 Å². The summed E-state index contributed by atoms with van der Waals surface area (Å²) in [6.07, 6.45) is 8.00. The lowest BCUT2D eigenvalue weighted by molar-refractivity contribution is -0.686. The number of carbonyl (C=O) groups is 1. The highest BCUT2D eigenvalue weighted by Gasteiger charge is 2.55. The van der Waals surface area contributed by atoms with Crippen LogP contribution in [0.15, 0.2) is 5.51 Å². The van der Waals surface area contributed by atoms with Gasteiger partial charge in [-0.2, -0.15) is 9.83 Å². The van der Waals surface area contributed by atoms with E-state index >= 15 is 0 Å². The van der Waals surface area contributed by atoms with E-state index in [0.29, 0.717) is 13.2 Å². The van der Waals surface area contributed by atoms with E-state index in [1.807, 2.05) is 17.0 Å². The third-order valence-electron chi connectivity index (χ3n) is 6.43. The summed E-state index contributed by atoms with van der Waals surface area (Å²) < 4.78 is 7.71. The summed E-state index contributed by atoms with van der Waals surface area (Å²) in [6, 6.07) is 2.17. The normalized spacial score (nSPS) is 32.1. The van der Waals surface area contributed by atoms with Gasteiger partial charge in [-0.15, -0.1) is 0 Å². The molecule has 136 valence electrons. The Morgan fingerprint density at radius 2 is 1.92 bits per heavy atom. The van der Waals surface area contributed by atoms with Gasteiger partial charge in [-0.1, -0.05) is 11.3 Å². The van der Waals surface area contributed by atoms with Gasteiger partial charge in [-0.25, -0.2) is 0 Å². The van der Waals surface area contributed by atoms with Gasteiger partial charge in [0.25, 0.3) is 0 Å². The maximum Gasteiger partial charge on any atom is 0.312 e. The number of ether oxygens (including phenoxy) is 1. The van der Waals surface area contributed by atoms with E-state index < -0.39 is 0 Å². The minimum Gasteiger partial charge on any atom is -1.00 e. The smallest absolute Gasteiger partial charge is 0.312 e. The molecule has 0 aliphatic heterocycles. The average Bonchev–Trinajstić information content (AvgIpc) is 2.87. The summed E-state index contributed by atoms with van der Waals surface area (Å²) in [5.74, 6) is 2.38. The molecule has 1 aromatic heterocycles. The molecule has 0 atom stereocenters. The van der Waals surface area contributed by atoms with Crippen molar-refractivity contribution in [1.29, 1.82) is 5.26 Å². The van der Waals surface area contributed by atoms with E-state index in [-0.39, 0.29) is 23.8 Å². The van der Waals surface area contributed by atoms with Gasteiger partial charge < -0.3 is 17.1 Å². The Morgan fingerprint density at radius 3 is 2.48 bits per heavy atom. The second-order valence-corrected chi connectivity index (χ2v) is 9.04. The molecule has 4 nitrogen and oxygen atoms in total. The molecule has 4 aliphatic rings. The van der Waals surface area contributed by atoms with Crippen LogP contribution in [0.3, 0.4) is 0 Å². The molecular formula is C19H25ClN2O2S. The van der Waals surface area contributed by atoms with Crippen molar-refractivity contribution in [3.05, 3.63) is 16.1 Å². The summed E-state index contributed by atoms with van der Waals surface area (Å²) in [5, 5.41) is 8.82. The van der Waals surface area contributed by atoms with Gasteiger partial charge in [0.2, 0.25) is 12.1 Å². The van der Waals surface area contributed by atoms with Crippen molar-refractivity contribution in [3.8, 4) is 6.07 Å². The van der Waals surface area contributed by atoms with Crippen LogP contribution < -0.4 is 17.0 Å². The highest BCUT2D eigenvalue weighted by molar-refractivity contribution is 7.09. The third kappa shape index (κ3) is 3.44. The monoisotopic (exact) mass is 380 g/mol. The van der Waals surface area contributed by atoms with Gasteiger partial charge >= 0.3 is 5.97 Å². The van der Waals surface area contributed by atoms with Crippen molar-refractivity contribution in [2.24, 2.45) is 23.2 Å². The Morgan fingerprint density at radius 1 is 1.32 bits per heavy atom. The zero-order valence-corrected chi connectivity index (χ0v) is 16.2. The van der Waals surface area contributed by atoms with Crippen LogP contribution in [0.25, 0.3) is 0 Å². The Balaban J connectivity index is 0.00000182. The lowest BCUT2D eigenvalue weighted by Gasteiger charge is -2.55. The molecule has 6 heteroatoms. The second-order valence-electron chi connectivity index (χ2n) is 8.10. The van der Waals surface area contributed by atoms with Crippen LogP contribution in [0.5, 0.6) is 0 Å². The van der Waals surface area contributed by atoms with Crippen LogP contribution in [0.2, 0.25) is 0 Å². The molecule has 4 bridgehead atoms.